The van der Waals surface area contributed by atoms with Gasteiger partial charge >= 0.3 is 0 Å². The molecule has 0 saturated heterocycles. The second kappa shape index (κ2) is 6.49. The normalized spacial score (nSPS) is 16.5. The van der Waals surface area contributed by atoms with Crippen molar-refractivity contribution >= 4 is 27.5 Å². The fraction of sp³-hybridized carbons (Fsp3) is 0.294. The summed E-state index contributed by atoms with van der Waals surface area (Å²) in [5, 5.41) is 0.735. The van der Waals surface area contributed by atoms with Crippen LogP contribution < -0.4 is 5.73 Å². The van der Waals surface area contributed by atoms with Gasteiger partial charge in [-0.05, 0) is 51.2 Å². The maximum atomic E-state index is 6.09. The molecular formula is C17H18BrClN2. The number of hydrogen-bond donors (Lipinski definition) is 1. The third-order valence-corrected chi connectivity index (χ3v) is 5.37. The van der Waals surface area contributed by atoms with Crippen LogP contribution in [0.25, 0.3) is 0 Å². The molecule has 0 spiro atoms. The van der Waals surface area contributed by atoms with E-state index >= 15 is 0 Å². The second-order valence-electron chi connectivity index (χ2n) is 5.41. The molecule has 0 fully saturated rings. The summed E-state index contributed by atoms with van der Waals surface area (Å²) in [5.74, 6) is 0. The summed E-state index contributed by atoms with van der Waals surface area (Å²) >= 11 is 9.59. The highest BCUT2D eigenvalue weighted by molar-refractivity contribution is 9.10. The number of halogens is 2. The SMILES string of the molecule is NCC(c1ccc(Cl)c(Br)c1)N1CCc2ccccc2C1. The Bertz CT molecular complexity index is 644. The summed E-state index contributed by atoms with van der Waals surface area (Å²) in [6.45, 7) is 2.60. The van der Waals surface area contributed by atoms with E-state index in [1.165, 1.54) is 16.7 Å². The minimum Gasteiger partial charge on any atom is -0.329 e. The van der Waals surface area contributed by atoms with E-state index in [2.05, 4.69) is 57.2 Å². The van der Waals surface area contributed by atoms with Gasteiger partial charge in [-0.25, -0.2) is 0 Å². The van der Waals surface area contributed by atoms with Gasteiger partial charge < -0.3 is 5.73 Å². The Morgan fingerprint density at radius 3 is 2.67 bits per heavy atom. The average molecular weight is 366 g/mol. The minimum absolute atomic E-state index is 0.229. The average Bonchev–Trinajstić information content (AvgIpc) is 2.51. The number of nitrogens with zero attached hydrogens (tertiary/aromatic N) is 1. The molecule has 0 saturated carbocycles. The quantitative estimate of drug-likeness (QED) is 0.885. The van der Waals surface area contributed by atoms with Crippen molar-refractivity contribution in [1.82, 2.24) is 4.90 Å². The minimum atomic E-state index is 0.229. The van der Waals surface area contributed by atoms with Crippen molar-refractivity contribution in [2.45, 2.75) is 19.0 Å². The lowest BCUT2D eigenvalue weighted by molar-refractivity contribution is 0.183. The van der Waals surface area contributed by atoms with Crippen molar-refractivity contribution in [3.63, 3.8) is 0 Å². The van der Waals surface area contributed by atoms with Gasteiger partial charge in [0, 0.05) is 30.1 Å². The fourth-order valence-electron chi connectivity index (χ4n) is 3.00. The highest BCUT2D eigenvalue weighted by Gasteiger charge is 2.24. The molecule has 21 heavy (non-hydrogen) atoms. The zero-order valence-corrected chi connectivity index (χ0v) is 14.1. The molecule has 0 radical (unpaired) electrons. The molecule has 1 aliphatic rings. The van der Waals surface area contributed by atoms with E-state index in [1.54, 1.807) is 0 Å². The maximum absolute atomic E-state index is 6.09. The molecule has 2 N–H and O–H groups in total. The lowest BCUT2D eigenvalue weighted by atomic mass is 9.96. The van der Waals surface area contributed by atoms with Crippen LogP contribution in [0.2, 0.25) is 5.02 Å². The zero-order chi connectivity index (χ0) is 14.8. The fourth-order valence-corrected chi connectivity index (χ4v) is 3.51. The standard InChI is InChI=1S/C17H18BrClN2/c18-15-9-13(5-6-16(15)19)17(10-20)21-8-7-12-3-1-2-4-14(12)11-21/h1-6,9,17H,7-8,10-11,20H2. The summed E-state index contributed by atoms with van der Waals surface area (Å²) in [5.41, 5.74) is 10.1. The van der Waals surface area contributed by atoms with Crippen LogP contribution in [0.15, 0.2) is 46.9 Å². The molecule has 2 nitrogen and oxygen atoms in total. The van der Waals surface area contributed by atoms with E-state index in [0.29, 0.717) is 6.54 Å². The Labute approximate surface area is 139 Å². The molecule has 4 heteroatoms. The molecule has 0 amide bonds. The van der Waals surface area contributed by atoms with Gasteiger partial charge in [-0.3, -0.25) is 4.90 Å². The predicted octanol–water partition coefficient (Wildman–Crippen LogP) is 4.16. The van der Waals surface area contributed by atoms with Crippen LogP contribution in [-0.4, -0.2) is 18.0 Å². The molecule has 1 atom stereocenters. The van der Waals surface area contributed by atoms with Gasteiger partial charge in [0.25, 0.3) is 0 Å². The number of nitrogens with two attached hydrogens (primary N) is 1. The van der Waals surface area contributed by atoms with Crippen molar-refractivity contribution < 1.29 is 0 Å². The van der Waals surface area contributed by atoms with E-state index in [9.17, 15) is 0 Å². The Morgan fingerprint density at radius 2 is 1.95 bits per heavy atom. The first-order chi connectivity index (χ1) is 10.2. The van der Waals surface area contributed by atoms with Crippen molar-refractivity contribution in [2.24, 2.45) is 5.73 Å². The smallest absolute Gasteiger partial charge is 0.0548 e. The van der Waals surface area contributed by atoms with Gasteiger partial charge in [0.2, 0.25) is 0 Å². The molecule has 3 rings (SSSR count). The molecule has 0 aliphatic carbocycles. The first kappa shape index (κ1) is 15.0. The molecule has 0 bridgehead atoms. The first-order valence-electron chi connectivity index (χ1n) is 7.15. The number of rotatable bonds is 3. The van der Waals surface area contributed by atoms with Gasteiger partial charge in [-0.15, -0.1) is 0 Å². The largest absolute Gasteiger partial charge is 0.329 e. The first-order valence-corrected chi connectivity index (χ1v) is 8.32. The van der Waals surface area contributed by atoms with Crippen LogP contribution in [-0.2, 0) is 13.0 Å². The van der Waals surface area contributed by atoms with E-state index < -0.39 is 0 Å². The molecule has 2 aromatic carbocycles. The molecule has 1 heterocycles. The van der Waals surface area contributed by atoms with Crippen molar-refractivity contribution in [3.05, 3.63) is 68.7 Å². The summed E-state index contributed by atoms with van der Waals surface area (Å²) in [6, 6.07) is 15.0. The van der Waals surface area contributed by atoms with Crippen molar-refractivity contribution in [1.29, 1.82) is 0 Å². The zero-order valence-electron chi connectivity index (χ0n) is 11.7. The van der Waals surface area contributed by atoms with Crippen LogP contribution >= 0.6 is 27.5 Å². The van der Waals surface area contributed by atoms with Crippen LogP contribution in [0.5, 0.6) is 0 Å². The lowest BCUT2D eigenvalue weighted by Crippen LogP contribution is -2.37. The molecule has 1 unspecified atom stereocenters. The Balaban J connectivity index is 1.86. The number of hydrogen-bond acceptors (Lipinski definition) is 2. The predicted molar refractivity (Wildman–Crippen MR) is 91.5 cm³/mol. The molecule has 0 aromatic heterocycles. The summed E-state index contributed by atoms with van der Waals surface area (Å²) in [7, 11) is 0. The molecule has 1 aliphatic heterocycles. The van der Waals surface area contributed by atoms with E-state index in [1.807, 2.05) is 6.07 Å². The van der Waals surface area contributed by atoms with Gasteiger partial charge in [0.05, 0.1) is 5.02 Å². The topological polar surface area (TPSA) is 29.3 Å². The van der Waals surface area contributed by atoms with Crippen LogP contribution in [0.1, 0.15) is 22.7 Å². The summed E-state index contributed by atoms with van der Waals surface area (Å²) in [4.78, 5) is 2.46. The van der Waals surface area contributed by atoms with E-state index in [-0.39, 0.29) is 6.04 Å². The van der Waals surface area contributed by atoms with E-state index in [4.69, 9.17) is 17.3 Å². The van der Waals surface area contributed by atoms with Crippen LogP contribution in [0.4, 0.5) is 0 Å². The van der Waals surface area contributed by atoms with Gasteiger partial charge in [0.1, 0.15) is 0 Å². The molecule has 110 valence electrons. The summed E-state index contributed by atoms with van der Waals surface area (Å²) in [6.07, 6.45) is 1.08. The third kappa shape index (κ3) is 3.16. The van der Waals surface area contributed by atoms with E-state index in [0.717, 1.165) is 29.0 Å². The highest BCUT2D eigenvalue weighted by atomic mass is 79.9. The highest BCUT2D eigenvalue weighted by Crippen LogP contribution is 2.31. The van der Waals surface area contributed by atoms with Gasteiger partial charge in [-0.2, -0.15) is 0 Å². The van der Waals surface area contributed by atoms with Gasteiger partial charge in [0.15, 0.2) is 0 Å². The van der Waals surface area contributed by atoms with Crippen molar-refractivity contribution in [3.8, 4) is 0 Å². The lowest BCUT2D eigenvalue weighted by Gasteiger charge is -2.35. The third-order valence-electron chi connectivity index (χ3n) is 4.15. The Morgan fingerprint density at radius 1 is 1.19 bits per heavy atom. The van der Waals surface area contributed by atoms with Crippen molar-refractivity contribution in [2.75, 3.05) is 13.1 Å². The Kier molecular flexibility index (Phi) is 4.65. The Hall–Kier alpha value is -0.870. The van der Waals surface area contributed by atoms with Crippen LogP contribution in [0.3, 0.4) is 0 Å². The number of benzene rings is 2. The van der Waals surface area contributed by atoms with Gasteiger partial charge in [-0.1, -0.05) is 41.9 Å². The molecule has 2 aromatic rings. The number of fused-ring (bicyclic) bond motifs is 1. The molecular weight excluding hydrogens is 348 g/mol. The summed E-state index contributed by atoms with van der Waals surface area (Å²) < 4.78 is 0.928. The second-order valence-corrected chi connectivity index (χ2v) is 6.68. The monoisotopic (exact) mass is 364 g/mol. The maximum Gasteiger partial charge on any atom is 0.0548 e. The van der Waals surface area contributed by atoms with Crippen LogP contribution in [0, 0.1) is 0 Å².